The van der Waals surface area contributed by atoms with Crippen molar-refractivity contribution in [2.24, 2.45) is 4.99 Å². The van der Waals surface area contributed by atoms with Crippen LogP contribution in [0.5, 0.6) is 0 Å². The molecule has 1 aromatic heterocycles. The standard InChI is InChI=1S/C25H26N4O4S/c30-22(29-25-26-13-4-14-27-25)12-10-17-9-11-21(34-17)24(33)28-20(15-23(31)32)19-8-3-6-16-5-1-2-7-18(16)19/h1-3,5-9,11,20H,4,10,12-15H2,(H,28,33)(H,31,32)(H2,26,27,29,30). The first-order chi connectivity index (χ1) is 16.5. The number of carbonyl (C=O) groups is 3. The number of benzene rings is 2. The van der Waals surface area contributed by atoms with Crippen LogP contribution in [0.15, 0.2) is 59.6 Å². The molecule has 0 aliphatic carbocycles. The van der Waals surface area contributed by atoms with Gasteiger partial charge in [-0.15, -0.1) is 11.3 Å². The Morgan fingerprint density at radius 3 is 2.71 bits per heavy atom. The van der Waals surface area contributed by atoms with Crippen LogP contribution in [0.25, 0.3) is 10.8 Å². The second-order valence-electron chi connectivity index (χ2n) is 8.02. The zero-order valence-electron chi connectivity index (χ0n) is 18.5. The van der Waals surface area contributed by atoms with Crippen molar-refractivity contribution in [3.8, 4) is 0 Å². The molecule has 0 saturated carbocycles. The van der Waals surface area contributed by atoms with Crippen molar-refractivity contribution in [1.82, 2.24) is 16.0 Å². The Morgan fingerprint density at radius 1 is 1.09 bits per heavy atom. The molecular weight excluding hydrogens is 452 g/mol. The van der Waals surface area contributed by atoms with Gasteiger partial charge in [-0.2, -0.15) is 0 Å². The van der Waals surface area contributed by atoms with Gasteiger partial charge in [0, 0.05) is 24.4 Å². The number of carbonyl (C=O) groups excluding carboxylic acids is 2. The minimum Gasteiger partial charge on any atom is -0.481 e. The number of thiophene rings is 1. The molecule has 8 nitrogen and oxygen atoms in total. The number of fused-ring (bicyclic) bond motifs is 1. The monoisotopic (exact) mass is 478 g/mol. The molecule has 4 N–H and O–H groups in total. The number of carboxylic acid groups (broad SMARTS) is 1. The SMILES string of the molecule is O=C(O)CC(NC(=O)c1ccc(CCC(=O)NC2=NCCCN2)s1)c1cccc2ccccc12. The number of nitrogens with one attached hydrogen (secondary N) is 3. The van der Waals surface area contributed by atoms with Gasteiger partial charge in [-0.25, -0.2) is 0 Å². The van der Waals surface area contributed by atoms with Crippen molar-refractivity contribution >= 4 is 45.9 Å². The largest absolute Gasteiger partial charge is 0.481 e. The van der Waals surface area contributed by atoms with Crippen molar-refractivity contribution in [3.05, 3.63) is 69.9 Å². The van der Waals surface area contributed by atoms with E-state index in [2.05, 4.69) is 20.9 Å². The third-order valence-electron chi connectivity index (χ3n) is 5.52. The van der Waals surface area contributed by atoms with E-state index in [9.17, 15) is 19.5 Å². The quantitative estimate of drug-likeness (QED) is 0.396. The highest BCUT2D eigenvalue weighted by atomic mass is 32.1. The highest BCUT2D eigenvalue weighted by Gasteiger charge is 2.22. The van der Waals surface area contributed by atoms with Crippen LogP contribution in [0.3, 0.4) is 0 Å². The summed E-state index contributed by atoms with van der Waals surface area (Å²) in [5, 5.41) is 20.0. The molecule has 1 atom stereocenters. The van der Waals surface area contributed by atoms with Gasteiger partial charge in [0.05, 0.1) is 17.3 Å². The normalized spacial score (nSPS) is 14.1. The Morgan fingerprint density at radius 2 is 1.91 bits per heavy atom. The molecule has 0 saturated heterocycles. The van der Waals surface area contributed by atoms with Crippen LogP contribution >= 0.6 is 11.3 Å². The summed E-state index contributed by atoms with van der Waals surface area (Å²) < 4.78 is 0. The first-order valence-corrected chi connectivity index (χ1v) is 12.0. The number of aliphatic carboxylic acids is 1. The number of carboxylic acids is 1. The van der Waals surface area contributed by atoms with Gasteiger partial charge in [0.1, 0.15) is 0 Å². The van der Waals surface area contributed by atoms with E-state index in [-0.39, 0.29) is 24.7 Å². The van der Waals surface area contributed by atoms with Crippen LogP contribution in [0.2, 0.25) is 0 Å². The molecule has 0 fully saturated rings. The van der Waals surface area contributed by atoms with E-state index in [0.717, 1.165) is 34.2 Å². The van der Waals surface area contributed by atoms with E-state index in [1.54, 1.807) is 6.07 Å². The number of hydrogen-bond donors (Lipinski definition) is 4. The Bertz CT molecular complexity index is 1230. The maximum absolute atomic E-state index is 13.0. The summed E-state index contributed by atoms with van der Waals surface area (Å²) in [5.74, 6) is -0.945. The summed E-state index contributed by atoms with van der Waals surface area (Å²) in [4.78, 5) is 42.3. The Labute approximate surface area is 201 Å². The summed E-state index contributed by atoms with van der Waals surface area (Å²) >= 11 is 1.30. The molecule has 4 rings (SSSR count). The van der Waals surface area contributed by atoms with E-state index in [0.29, 0.717) is 23.8 Å². The number of amides is 2. The lowest BCUT2D eigenvalue weighted by Gasteiger charge is -2.19. The van der Waals surface area contributed by atoms with Crippen LogP contribution in [0.4, 0.5) is 0 Å². The highest BCUT2D eigenvalue weighted by molar-refractivity contribution is 7.14. The molecule has 2 amide bonds. The number of aliphatic imine (C=N–C) groups is 1. The number of aryl methyl sites for hydroxylation is 1. The van der Waals surface area contributed by atoms with Gasteiger partial charge in [0.15, 0.2) is 5.96 Å². The molecule has 0 bridgehead atoms. The van der Waals surface area contributed by atoms with Gasteiger partial charge in [-0.3, -0.25) is 24.7 Å². The zero-order valence-corrected chi connectivity index (χ0v) is 19.4. The van der Waals surface area contributed by atoms with E-state index < -0.39 is 12.0 Å². The minimum atomic E-state index is -0.992. The summed E-state index contributed by atoms with van der Waals surface area (Å²) in [6.07, 6.45) is 1.50. The fraction of sp³-hybridized carbons (Fsp3) is 0.280. The molecule has 2 heterocycles. The smallest absolute Gasteiger partial charge is 0.305 e. The van der Waals surface area contributed by atoms with Crippen molar-refractivity contribution in [1.29, 1.82) is 0 Å². The van der Waals surface area contributed by atoms with Gasteiger partial charge in [-0.1, -0.05) is 42.5 Å². The predicted molar refractivity (Wildman–Crippen MR) is 132 cm³/mol. The third kappa shape index (κ3) is 5.99. The summed E-state index contributed by atoms with van der Waals surface area (Å²) in [6, 6.07) is 16.2. The maximum atomic E-state index is 13.0. The van der Waals surface area contributed by atoms with E-state index in [1.165, 1.54) is 11.3 Å². The van der Waals surface area contributed by atoms with Gasteiger partial charge in [0.25, 0.3) is 5.91 Å². The first-order valence-electron chi connectivity index (χ1n) is 11.2. The highest BCUT2D eigenvalue weighted by Crippen LogP contribution is 2.27. The summed E-state index contributed by atoms with van der Waals surface area (Å²) in [7, 11) is 0. The van der Waals surface area contributed by atoms with E-state index in [1.807, 2.05) is 48.5 Å². The van der Waals surface area contributed by atoms with Crippen LogP contribution in [0.1, 0.15) is 45.4 Å². The van der Waals surface area contributed by atoms with E-state index >= 15 is 0 Å². The molecule has 1 aliphatic heterocycles. The molecular formula is C25H26N4O4S. The van der Waals surface area contributed by atoms with Crippen molar-refractivity contribution < 1.29 is 19.5 Å². The van der Waals surface area contributed by atoms with E-state index in [4.69, 9.17) is 0 Å². The minimum absolute atomic E-state index is 0.134. The molecule has 1 unspecified atom stereocenters. The summed E-state index contributed by atoms with van der Waals surface area (Å²) in [6.45, 7) is 1.50. The molecule has 9 heteroatoms. The lowest BCUT2D eigenvalue weighted by atomic mass is 9.96. The molecule has 0 radical (unpaired) electrons. The lowest BCUT2D eigenvalue weighted by molar-refractivity contribution is -0.137. The molecule has 2 aromatic carbocycles. The number of guanidine groups is 1. The van der Waals surface area contributed by atoms with Crippen molar-refractivity contribution in [2.75, 3.05) is 13.1 Å². The van der Waals surface area contributed by atoms with Crippen LogP contribution in [-0.2, 0) is 16.0 Å². The maximum Gasteiger partial charge on any atom is 0.305 e. The molecule has 34 heavy (non-hydrogen) atoms. The van der Waals surface area contributed by atoms with Gasteiger partial charge in [-0.05, 0) is 41.3 Å². The summed E-state index contributed by atoms with van der Waals surface area (Å²) in [5.41, 5.74) is 0.765. The fourth-order valence-corrected chi connectivity index (χ4v) is 4.79. The molecule has 0 spiro atoms. The molecule has 176 valence electrons. The van der Waals surface area contributed by atoms with Crippen LogP contribution in [0, 0.1) is 0 Å². The predicted octanol–water partition coefficient (Wildman–Crippen LogP) is 3.25. The van der Waals surface area contributed by atoms with Gasteiger partial charge >= 0.3 is 5.97 Å². The van der Waals surface area contributed by atoms with Crippen LogP contribution in [-0.4, -0.2) is 41.9 Å². The molecule has 1 aliphatic rings. The number of rotatable bonds is 8. The Balaban J connectivity index is 1.41. The average molecular weight is 479 g/mol. The Kier molecular flexibility index (Phi) is 7.54. The number of nitrogens with zero attached hydrogens (tertiary/aromatic N) is 1. The van der Waals surface area contributed by atoms with Crippen molar-refractivity contribution in [3.63, 3.8) is 0 Å². The lowest BCUT2D eigenvalue weighted by Crippen LogP contribution is -2.43. The average Bonchev–Trinajstić information content (AvgIpc) is 3.32. The second kappa shape index (κ2) is 10.9. The van der Waals surface area contributed by atoms with Crippen LogP contribution < -0.4 is 16.0 Å². The Hall–Kier alpha value is -3.72. The van der Waals surface area contributed by atoms with Crippen molar-refractivity contribution in [2.45, 2.75) is 31.7 Å². The first kappa shape index (κ1) is 23.4. The second-order valence-corrected chi connectivity index (χ2v) is 9.19. The van der Waals surface area contributed by atoms with Gasteiger partial charge < -0.3 is 15.7 Å². The number of hydrogen-bond acceptors (Lipinski definition) is 6. The molecule has 3 aromatic rings. The zero-order chi connectivity index (χ0) is 23.9. The third-order valence-corrected chi connectivity index (χ3v) is 6.67. The topological polar surface area (TPSA) is 120 Å². The fourth-order valence-electron chi connectivity index (χ4n) is 3.88. The van der Waals surface area contributed by atoms with Gasteiger partial charge in [0.2, 0.25) is 5.91 Å².